The fourth-order valence-electron chi connectivity index (χ4n) is 11.6. The molecule has 3 aliphatic heterocycles. The topological polar surface area (TPSA) is 55.8 Å². The van der Waals surface area contributed by atoms with Gasteiger partial charge in [0.1, 0.15) is 11.6 Å². The largest absolute Gasteiger partial charge is 0.356 e. The normalized spacial score (nSPS) is 37.4. The fraction of sp³-hybridized carbons (Fsp3) is 0.763. The van der Waals surface area contributed by atoms with Crippen LogP contribution in [0, 0.1) is 40.4 Å². The molecule has 7 heteroatoms. The number of carbonyl (C=O) groups is 1. The number of hydrogen-bond acceptors (Lipinski definition) is 7. The summed E-state index contributed by atoms with van der Waals surface area (Å²) < 4.78 is 0. The lowest BCUT2D eigenvalue weighted by Crippen LogP contribution is -2.51. The Labute approximate surface area is 271 Å². The number of carbonyl (C=O) groups excluding carboxylic acids is 1. The van der Waals surface area contributed by atoms with Crippen molar-refractivity contribution in [3.63, 3.8) is 0 Å². The summed E-state index contributed by atoms with van der Waals surface area (Å²) in [6, 6.07) is 2.28. The molecule has 1 unspecified atom stereocenters. The molecule has 4 heterocycles. The average Bonchev–Trinajstić information content (AvgIpc) is 3.83. The van der Waals surface area contributed by atoms with Crippen LogP contribution in [0.4, 0.5) is 17.6 Å². The third-order valence-electron chi connectivity index (χ3n) is 14.1. The Balaban J connectivity index is 0.912. The zero-order valence-electron chi connectivity index (χ0n) is 28.2. The molecular weight excluding hydrogens is 556 g/mol. The summed E-state index contributed by atoms with van der Waals surface area (Å²) in [5.41, 5.74) is 1.99. The van der Waals surface area contributed by atoms with Crippen LogP contribution in [0.15, 0.2) is 29.9 Å². The van der Waals surface area contributed by atoms with E-state index in [1.54, 1.807) is 0 Å². The van der Waals surface area contributed by atoms with Gasteiger partial charge in [0.15, 0.2) is 5.78 Å². The lowest BCUT2D eigenvalue weighted by molar-refractivity contribution is -0.111. The van der Waals surface area contributed by atoms with Crippen molar-refractivity contribution in [2.75, 3.05) is 73.6 Å². The van der Waals surface area contributed by atoms with Gasteiger partial charge in [-0.3, -0.25) is 9.69 Å². The molecule has 45 heavy (non-hydrogen) atoms. The first kappa shape index (κ1) is 30.0. The van der Waals surface area contributed by atoms with Gasteiger partial charge >= 0.3 is 0 Å². The number of rotatable bonds is 6. The molecule has 3 saturated heterocycles. The molecule has 4 aliphatic carbocycles. The van der Waals surface area contributed by atoms with Crippen LogP contribution in [-0.2, 0) is 4.79 Å². The summed E-state index contributed by atoms with van der Waals surface area (Å²) in [7, 11) is 0. The van der Waals surface area contributed by atoms with Crippen molar-refractivity contribution in [2.45, 2.75) is 85.0 Å². The van der Waals surface area contributed by atoms with Crippen molar-refractivity contribution in [1.29, 1.82) is 0 Å². The minimum atomic E-state index is 0.107. The van der Waals surface area contributed by atoms with Crippen molar-refractivity contribution in [3.8, 4) is 0 Å². The van der Waals surface area contributed by atoms with Crippen molar-refractivity contribution in [1.82, 2.24) is 14.9 Å². The highest BCUT2D eigenvalue weighted by Gasteiger charge is 2.59. The van der Waals surface area contributed by atoms with Crippen molar-refractivity contribution in [3.05, 3.63) is 29.9 Å². The van der Waals surface area contributed by atoms with E-state index in [0.29, 0.717) is 11.3 Å². The summed E-state index contributed by atoms with van der Waals surface area (Å²) in [5.74, 6) is 7.35. The third kappa shape index (κ3) is 5.23. The highest BCUT2D eigenvalue weighted by molar-refractivity contribution is 6.01. The molecule has 7 aliphatic rings. The number of nitrogens with zero attached hydrogens (tertiary/aromatic N) is 6. The highest BCUT2D eigenvalue weighted by Crippen LogP contribution is 2.67. The summed E-state index contributed by atoms with van der Waals surface area (Å²) in [6.07, 6.45) is 19.1. The molecule has 244 valence electrons. The molecule has 1 aromatic heterocycles. The van der Waals surface area contributed by atoms with E-state index < -0.39 is 0 Å². The first-order chi connectivity index (χ1) is 21.8. The molecule has 3 saturated carbocycles. The van der Waals surface area contributed by atoms with Crippen molar-refractivity contribution in [2.24, 2.45) is 40.4 Å². The van der Waals surface area contributed by atoms with Crippen LogP contribution in [0.3, 0.4) is 0 Å². The minimum Gasteiger partial charge on any atom is -0.356 e. The van der Waals surface area contributed by atoms with Crippen molar-refractivity contribution >= 4 is 23.4 Å². The van der Waals surface area contributed by atoms with Crippen LogP contribution in [-0.4, -0.2) is 79.6 Å². The summed E-state index contributed by atoms with van der Waals surface area (Å²) in [4.78, 5) is 32.6. The van der Waals surface area contributed by atoms with Gasteiger partial charge in [-0.05, 0) is 111 Å². The maximum atomic E-state index is 12.2. The van der Waals surface area contributed by atoms with E-state index in [9.17, 15) is 4.79 Å². The second-order valence-electron chi connectivity index (χ2n) is 16.4. The van der Waals surface area contributed by atoms with Gasteiger partial charge in [0.05, 0.1) is 0 Å². The fourth-order valence-corrected chi connectivity index (χ4v) is 11.6. The molecule has 8 rings (SSSR count). The smallest absolute Gasteiger partial charge is 0.229 e. The Morgan fingerprint density at radius 3 is 2.20 bits per heavy atom. The van der Waals surface area contributed by atoms with Crippen LogP contribution in [0.5, 0.6) is 0 Å². The lowest BCUT2D eigenvalue weighted by Gasteiger charge is -2.57. The molecule has 7 nitrogen and oxygen atoms in total. The van der Waals surface area contributed by atoms with Crippen LogP contribution in [0.2, 0.25) is 0 Å². The average molecular weight is 613 g/mol. The number of hydrogen-bond donors (Lipinski definition) is 0. The minimum absolute atomic E-state index is 0.107. The summed E-state index contributed by atoms with van der Waals surface area (Å²) in [6.45, 7) is 17.7. The maximum Gasteiger partial charge on any atom is 0.229 e. The third-order valence-corrected chi connectivity index (χ3v) is 14.1. The molecule has 0 spiro atoms. The Morgan fingerprint density at radius 2 is 1.49 bits per heavy atom. The van der Waals surface area contributed by atoms with Gasteiger partial charge in [-0.15, -0.1) is 0 Å². The van der Waals surface area contributed by atoms with E-state index in [1.807, 2.05) is 12.2 Å². The molecule has 0 radical (unpaired) electrons. The van der Waals surface area contributed by atoms with E-state index in [1.165, 1.54) is 69.9 Å². The van der Waals surface area contributed by atoms with Gasteiger partial charge in [-0.1, -0.05) is 32.4 Å². The maximum absolute atomic E-state index is 12.2. The SMILES string of the molecule is CC(CN1CCN(c2cc(N3CCCC3)nc(N3CCCC3)n2)CC1)[C@@H]1CC[C@H]2[C@@H]3CCC4=CC(=O)C=C[C@]4(C)[C@H]3CC[C@]12C. The molecule has 0 aromatic carbocycles. The summed E-state index contributed by atoms with van der Waals surface area (Å²) in [5, 5.41) is 0. The van der Waals surface area contributed by atoms with E-state index in [0.717, 1.165) is 100 Å². The van der Waals surface area contributed by atoms with Crippen LogP contribution >= 0.6 is 0 Å². The van der Waals surface area contributed by atoms with Gasteiger partial charge in [0.25, 0.3) is 0 Å². The lowest BCUT2D eigenvalue weighted by atomic mass is 9.47. The number of anilines is 3. The Kier molecular flexibility index (Phi) is 7.78. The number of ketones is 1. The zero-order chi connectivity index (χ0) is 30.8. The molecule has 1 aromatic rings. The first-order valence-corrected chi connectivity index (χ1v) is 18.6. The Morgan fingerprint density at radius 1 is 0.822 bits per heavy atom. The van der Waals surface area contributed by atoms with Crippen LogP contribution < -0.4 is 14.7 Å². The van der Waals surface area contributed by atoms with E-state index in [2.05, 4.69) is 52.5 Å². The molecule has 7 atom stereocenters. The van der Waals surface area contributed by atoms with E-state index >= 15 is 0 Å². The van der Waals surface area contributed by atoms with Gasteiger partial charge < -0.3 is 14.7 Å². The van der Waals surface area contributed by atoms with E-state index in [-0.39, 0.29) is 11.2 Å². The van der Waals surface area contributed by atoms with Crippen LogP contribution in [0.25, 0.3) is 0 Å². The quantitative estimate of drug-likeness (QED) is 0.371. The predicted octanol–water partition coefficient (Wildman–Crippen LogP) is 6.36. The predicted molar refractivity (Wildman–Crippen MR) is 183 cm³/mol. The number of piperazine rings is 1. The van der Waals surface area contributed by atoms with Crippen LogP contribution in [0.1, 0.15) is 85.0 Å². The second-order valence-corrected chi connectivity index (χ2v) is 16.4. The zero-order valence-corrected chi connectivity index (χ0v) is 28.2. The number of allylic oxidation sites excluding steroid dienone is 4. The van der Waals surface area contributed by atoms with Gasteiger partial charge in [-0.2, -0.15) is 9.97 Å². The number of aromatic nitrogens is 2. The molecular formula is C38H56N6O. The monoisotopic (exact) mass is 612 g/mol. The van der Waals surface area contributed by atoms with Gasteiger partial charge in [0, 0.05) is 70.4 Å². The molecule has 0 N–H and O–H groups in total. The molecule has 0 amide bonds. The van der Waals surface area contributed by atoms with Gasteiger partial charge in [-0.25, -0.2) is 0 Å². The number of fused-ring (bicyclic) bond motifs is 5. The molecule has 0 bridgehead atoms. The van der Waals surface area contributed by atoms with Gasteiger partial charge in [0.2, 0.25) is 5.95 Å². The van der Waals surface area contributed by atoms with E-state index in [4.69, 9.17) is 9.97 Å². The summed E-state index contributed by atoms with van der Waals surface area (Å²) >= 11 is 0. The Hall–Kier alpha value is -2.41. The first-order valence-electron chi connectivity index (χ1n) is 18.6. The van der Waals surface area contributed by atoms with Crippen molar-refractivity contribution < 1.29 is 4.79 Å². The molecule has 6 fully saturated rings. The highest BCUT2D eigenvalue weighted by atomic mass is 16.1. The standard InChI is InChI=1S/C38H56N6O/c1-27(31-10-11-32-30-9-8-28-24-29(45)12-14-37(28,2)33(30)13-15-38(31,32)3)26-41-20-22-43(23-21-41)35-25-34(42-16-4-5-17-42)39-36(40-35)44-18-6-7-19-44/h12,14,24-25,27,30-33H,4-11,13,15-23,26H2,1-3H3/t27?,30-,31-,32-,33-,37-,38+/m0/s1. The Bertz CT molecular complexity index is 1300. The second kappa shape index (κ2) is 11.7.